The van der Waals surface area contributed by atoms with Gasteiger partial charge in [-0.25, -0.2) is 14.6 Å². The Balaban J connectivity index is 1.64. The summed E-state index contributed by atoms with van der Waals surface area (Å²) in [6.07, 6.45) is 1.96. The van der Waals surface area contributed by atoms with Gasteiger partial charge >= 0.3 is 0 Å². The van der Waals surface area contributed by atoms with Crippen LogP contribution in [0.2, 0.25) is 0 Å². The van der Waals surface area contributed by atoms with E-state index in [1.165, 1.54) is 5.56 Å². The van der Waals surface area contributed by atoms with Crippen LogP contribution < -0.4 is 10.6 Å². The third kappa shape index (κ3) is 4.00. The van der Waals surface area contributed by atoms with E-state index in [2.05, 4.69) is 56.0 Å². The van der Waals surface area contributed by atoms with E-state index in [1.54, 1.807) is 0 Å². The van der Waals surface area contributed by atoms with Crippen LogP contribution in [0, 0.1) is 12.8 Å². The molecule has 0 bridgehead atoms. The van der Waals surface area contributed by atoms with Crippen molar-refractivity contribution in [2.45, 2.75) is 26.8 Å². The third-order valence-corrected chi connectivity index (χ3v) is 6.33. The molecule has 5 rings (SSSR count). The molecule has 2 N–H and O–H groups in total. The second-order valence-electron chi connectivity index (χ2n) is 9.09. The number of hydrogen-bond donors (Lipinski definition) is 1. The molecule has 1 atom stereocenters. The average molecular weight is 446 g/mol. The molecule has 3 aromatic heterocycles. The zero-order valence-corrected chi connectivity index (χ0v) is 19.7. The minimum atomic E-state index is -0.164. The Labute approximate surface area is 194 Å². The van der Waals surface area contributed by atoms with Crippen LogP contribution in [0.25, 0.3) is 28.2 Å². The van der Waals surface area contributed by atoms with Gasteiger partial charge in [0.1, 0.15) is 11.3 Å². The number of nitrogens with zero attached hydrogens (tertiary/aromatic N) is 6. The maximum atomic E-state index is 6.50. The number of morpholine rings is 1. The van der Waals surface area contributed by atoms with E-state index in [0.717, 1.165) is 52.8 Å². The Morgan fingerprint density at radius 3 is 2.58 bits per heavy atom. The van der Waals surface area contributed by atoms with Gasteiger partial charge in [-0.05, 0) is 25.0 Å². The largest absolute Gasteiger partial charge is 0.378 e. The van der Waals surface area contributed by atoms with Crippen LogP contribution in [0.3, 0.4) is 0 Å². The molecule has 1 saturated heterocycles. The SMILES string of the molecule is Cc1cccc(-c2ccn(-c3cc(N4CCOCC4)c4nc(C(N)C(C)C)n(C)c4n3)n2)c1. The number of fused-ring (bicyclic) bond motifs is 1. The lowest BCUT2D eigenvalue weighted by Gasteiger charge is -2.29. The molecule has 1 aliphatic rings. The number of anilines is 1. The molecule has 0 saturated carbocycles. The number of pyridine rings is 1. The molecule has 0 amide bonds. The highest BCUT2D eigenvalue weighted by molar-refractivity contribution is 5.88. The van der Waals surface area contributed by atoms with Crippen molar-refractivity contribution in [3.8, 4) is 17.1 Å². The average Bonchev–Trinajstić information content (AvgIpc) is 3.44. The molecule has 1 unspecified atom stereocenters. The predicted molar refractivity (Wildman–Crippen MR) is 131 cm³/mol. The fraction of sp³-hybridized carbons (Fsp3) is 0.400. The van der Waals surface area contributed by atoms with Crippen LogP contribution in [0.15, 0.2) is 42.6 Å². The Hall–Kier alpha value is -3.23. The molecule has 1 aliphatic heterocycles. The summed E-state index contributed by atoms with van der Waals surface area (Å²) in [7, 11) is 1.99. The van der Waals surface area contributed by atoms with Gasteiger partial charge in [-0.2, -0.15) is 5.10 Å². The second kappa shape index (κ2) is 8.61. The zero-order chi connectivity index (χ0) is 23.1. The molecular formula is C25H31N7O. The summed E-state index contributed by atoms with van der Waals surface area (Å²) in [5.41, 5.74) is 12.4. The number of benzene rings is 1. The van der Waals surface area contributed by atoms with Crippen LogP contribution >= 0.6 is 0 Å². The van der Waals surface area contributed by atoms with Crippen LogP contribution in [0.5, 0.6) is 0 Å². The zero-order valence-electron chi connectivity index (χ0n) is 19.7. The molecule has 0 spiro atoms. The maximum absolute atomic E-state index is 6.50. The lowest BCUT2D eigenvalue weighted by Crippen LogP contribution is -2.36. The van der Waals surface area contributed by atoms with Gasteiger partial charge in [0.05, 0.1) is 30.6 Å². The van der Waals surface area contributed by atoms with Crippen molar-refractivity contribution in [3.63, 3.8) is 0 Å². The lowest BCUT2D eigenvalue weighted by molar-refractivity contribution is 0.123. The molecule has 8 heteroatoms. The van der Waals surface area contributed by atoms with Gasteiger partial charge in [-0.15, -0.1) is 0 Å². The number of rotatable bonds is 5. The molecule has 4 aromatic rings. The highest BCUT2D eigenvalue weighted by atomic mass is 16.5. The van der Waals surface area contributed by atoms with E-state index in [4.69, 9.17) is 25.5 Å². The summed E-state index contributed by atoms with van der Waals surface area (Å²) in [5, 5.41) is 4.84. The Morgan fingerprint density at radius 1 is 1.06 bits per heavy atom. The summed E-state index contributed by atoms with van der Waals surface area (Å²) in [6.45, 7) is 9.34. The minimum Gasteiger partial charge on any atom is -0.378 e. The number of ether oxygens (including phenoxy) is 1. The fourth-order valence-corrected chi connectivity index (χ4v) is 4.31. The number of imidazole rings is 1. The first-order valence-electron chi connectivity index (χ1n) is 11.5. The lowest BCUT2D eigenvalue weighted by atomic mass is 10.1. The van der Waals surface area contributed by atoms with Gasteiger partial charge in [-0.3, -0.25) is 0 Å². The summed E-state index contributed by atoms with van der Waals surface area (Å²) < 4.78 is 9.46. The first kappa shape index (κ1) is 21.6. The number of nitrogens with two attached hydrogens (primary N) is 1. The van der Waals surface area contributed by atoms with Crippen molar-refractivity contribution in [3.05, 3.63) is 54.0 Å². The summed E-state index contributed by atoms with van der Waals surface area (Å²) in [6, 6.07) is 12.3. The van der Waals surface area contributed by atoms with Crippen molar-refractivity contribution in [1.82, 2.24) is 24.3 Å². The van der Waals surface area contributed by atoms with Gasteiger partial charge in [0, 0.05) is 38.0 Å². The summed E-state index contributed by atoms with van der Waals surface area (Å²) in [5.74, 6) is 1.88. The number of aryl methyl sites for hydroxylation is 2. The van der Waals surface area contributed by atoms with Crippen molar-refractivity contribution < 1.29 is 4.74 Å². The Morgan fingerprint density at radius 2 is 1.85 bits per heavy atom. The molecule has 4 heterocycles. The smallest absolute Gasteiger partial charge is 0.164 e. The van der Waals surface area contributed by atoms with Crippen molar-refractivity contribution in [2.24, 2.45) is 18.7 Å². The third-order valence-electron chi connectivity index (χ3n) is 6.33. The van der Waals surface area contributed by atoms with E-state index in [9.17, 15) is 0 Å². The van der Waals surface area contributed by atoms with Gasteiger partial charge in [0.15, 0.2) is 11.5 Å². The predicted octanol–water partition coefficient (Wildman–Crippen LogP) is 3.62. The second-order valence-corrected chi connectivity index (χ2v) is 9.09. The Kier molecular flexibility index (Phi) is 5.64. The monoisotopic (exact) mass is 445 g/mol. The molecule has 1 fully saturated rings. The molecular weight excluding hydrogens is 414 g/mol. The van der Waals surface area contributed by atoms with Gasteiger partial charge < -0.3 is 19.9 Å². The van der Waals surface area contributed by atoms with E-state index in [-0.39, 0.29) is 12.0 Å². The highest BCUT2D eigenvalue weighted by Gasteiger charge is 2.24. The Bertz CT molecular complexity index is 1280. The van der Waals surface area contributed by atoms with E-state index >= 15 is 0 Å². The van der Waals surface area contributed by atoms with Crippen molar-refractivity contribution >= 4 is 16.9 Å². The molecule has 8 nitrogen and oxygen atoms in total. The van der Waals surface area contributed by atoms with E-state index in [1.807, 2.05) is 28.6 Å². The van der Waals surface area contributed by atoms with Crippen LogP contribution in [0.4, 0.5) is 5.69 Å². The molecule has 0 radical (unpaired) electrons. The highest BCUT2D eigenvalue weighted by Crippen LogP contribution is 2.31. The van der Waals surface area contributed by atoms with E-state index in [0.29, 0.717) is 13.2 Å². The van der Waals surface area contributed by atoms with E-state index < -0.39 is 0 Å². The molecule has 172 valence electrons. The minimum absolute atomic E-state index is 0.164. The van der Waals surface area contributed by atoms with Crippen LogP contribution in [-0.4, -0.2) is 50.6 Å². The molecule has 1 aromatic carbocycles. The maximum Gasteiger partial charge on any atom is 0.164 e. The van der Waals surface area contributed by atoms with Crippen LogP contribution in [-0.2, 0) is 11.8 Å². The van der Waals surface area contributed by atoms with Gasteiger partial charge in [-0.1, -0.05) is 37.6 Å². The molecule has 33 heavy (non-hydrogen) atoms. The summed E-state index contributed by atoms with van der Waals surface area (Å²) >= 11 is 0. The normalized spacial score (nSPS) is 15.5. The number of aromatic nitrogens is 5. The van der Waals surface area contributed by atoms with Crippen molar-refractivity contribution in [1.29, 1.82) is 0 Å². The first-order valence-corrected chi connectivity index (χ1v) is 11.5. The fourth-order valence-electron chi connectivity index (χ4n) is 4.31. The van der Waals surface area contributed by atoms with Crippen molar-refractivity contribution in [2.75, 3.05) is 31.2 Å². The first-order chi connectivity index (χ1) is 15.9. The van der Waals surface area contributed by atoms with Crippen LogP contribution in [0.1, 0.15) is 31.3 Å². The number of hydrogen-bond acceptors (Lipinski definition) is 6. The standard InChI is InChI=1S/C25H31N7O/c1-16(2)22(26)24-28-23-20(31-10-12-33-13-11-31)15-21(27-25(23)30(24)4)32-9-8-19(29-32)18-7-5-6-17(3)14-18/h5-9,14-16,22H,10-13,26H2,1-4H3. The molecule has 0 aliphatic carbocycles. The van der Waals surface area contributed by atoms with Gasteiger partial charge in [0.25, 0.3) is 0 Å². The van der Waals surface area contributed by atoms with Gasteiger partial charge in [0.2, 0.25) is 0 Å². The topological polar surface area (TPSA) is 87.0 Å². The summed E-state index contributed by atoms with van der Waals surface area (Å²) in [4.78, 5) is 12.3. The quantitative estimate of drug-likeness (QED) is 0.505.